The molecule has 2 atom stereocenters. The van der Waals surface area contributed by atoms with E-state index in [0.29, 0.717) is 19.5 Å². The highest BCUT2D eigenvalue weighted by molar-refractivity contribution is 7.91. The monoisotopic (exact) mass is 249 g/mol. The smallest absolute Gasteiger partial charge is 0.308 e. The normalized spacial score (nSPS) is 27.1. The van der Waals surface area contributed by atoms with E-state index in [1.54, 1.807) is 6.92 Å². The highest BCUT2D eigenvalue weighted by Gasteiger charge is 2.35. The predicted octanol–water partition coefficient (Wildman–Crippen LogP) is 0.216. The second kappa shape index (κ2) is 5.14. The van der Waals surface area contributed by atoms with Crippen LogP contribution in [0.15, 0.2) is 0 Å². The van der Waals surface area contributed by atoms with Gasteiger partial charge in [-0.15, -0.1) is 0 Å². The van der Waals surface area contributed by atoms with E-state index < -0.39 is 15.8 Å². The molecule has 1 heterocycles. The number of carboxylic acids is 1. The first-order valence-corrected chi connectivity index (χ1v) is 7.37. The lowest BCUT2D eigenvalue weighted by Gasteiger charge is -2.22. The Morgan fingerprint density at radius 1 is 1.50 bits per heavy atom. The Morgan fingerprint density at radius 3 is 2.56 bits per heavy atom. The van der Waals surface area contributed by atoms with Gasteiger partial charge in [-0.1, -0.05) is 6.92 Å². The van der Waals surface area contributed by atoms with E-state index in [9.17, 15) is 13.2 Å². The SMILES string of the molecule is CCS(=O)(=O)CCN1CCC(C(=O)O)C1C. The van der Waals surface area contributed by atoms with Crippen LogP contribution < -0.4 is 0 Å². The fraction of sp³-hybridized carbons (Fsp3) is 0.900. The zero-order valence-electron chi connectivity index (χ0n) is 9.72. The molecular weight excluding hydrogens is 230 g/mol. The van der Waals surface area contributed by atoms with Gasteiger partial charge in [-0.05, 0) is 19.9 Å². The molecule has 0 aromatic rings. The number of likely N-dealkylation sites (tertiary alicyclic amines) is 1. The van der Waals surface area contributed by atoms with Crippen molar-refractivity contribution in [2.45, 2.75) is 26.3 Å². The fourth-order valence-corrected chi connectivity index (χ4v) is 2.85. The van der Waals surface area contributed by atoms with Crippen LogP contribution in [0.2, 0.25) is 0 Å². The van der Waals surface area contributed by atoms with Crippen molar-refractivity contribution in [3.63, 3.8) is 0 Å². The van der Waals surface area contributed by atoms with Crippen molar-refractivity contribution in [1.29, 1.82) is 0 Å². The van der Waals surface area contributed by atoms with E-state index in [0.717, 1.165) is 0 Å². The van der Waals surface area contributed by atoms with E-state index >= 15 is 0 Å². The van der Waals surface area contributed by atoms with Crippen molar-refractivity contribution < 1.29 is 18.3 Å². The van der Waals surface area contributed by atoms with Crippen LogP contribution >= 0.6 is 0 Å². The average Bonchev–Trinajstić information content (AvgIpc) is 2.57. The van der Waals surface area contributed by atoms with Gasteiger partial charge in [0.1, 0.15) is 0 Å². The summed E-state index contributed by atoms with van der Waals surface area (Å²) in [5, 5.41) is 8.93. The van der Waals surface area contributed by atoms with Crippen LogP contribution in [0.4, 0.5) is 0 Å². The van der Waals surface area contributed by atoms with Gasteiger partial charge < -0.3 is 5.11 Å². The van der Waals surface area contributed by atoms with Crippen LogP contribution in [0.25, 0.3) is 0 Å². The molecule has 1 fully saturated rings. The van der Waals surface area contributed by atoms with Crippen molar-refractivity contribution in [1.82, 2.24) is 4.90 Å². The molecule has 5 nitrogen and oxygen atoms in total. The van der Waals surface area contributed by atoms with Gasteiger partial charge in [0, 0.05) is 18.3 Å². The molecule has 16 heavy (non-hydrogen) atoms. The molecule has 0 aliphatic carbocycles. The van der Waals surface area contributed by atoms with Crippen LogP contribution in [0, 0.1) is 5.92 Å². The molecule has 2 unspecified atom stereocenters. The number of rotatable bonds is 5. The largest absolute Gasteiger partial charge is 0.481 e. The first kappa shape index (κ1) is 13.4. The molecule has 0 saturated carbocycles. The van der Waals surface area contributed by atoms with Gasteiger partial charge >= 0.3 is 5.97 Å². The lowest BCUT2D eigenvalue weighted by molar-refractivity contribution is -0.142. The zero-order valence-corrected chi connectivity index (χ0v) is 10.5. The van der Waals surface area contributed by atoms with Gasteiger partial charge in [0.25, 0.3) is 0 Å². The summed E-state index contributed by atoms with van der Waals surface area (Å²) in [5.41, 5.74) is 0. The number of carbonyl (C=O) groups is 1. The second-order valence-electron chi connectivity index (χ2n) is 4.25. The van der Waals surface area contributed by atoms with Crippen molar-refractivity contribution in [2.75, 3.05) is 24.6 Å². The quantitative estimate of drug-likeness (QED) is 0.754. The zero-order chi connectivity index (χ0) is 12.3. The molecule has 0 aromatic carbocycles. The van der Waals surface area contributed by atoms with Gasteiger partial charge in [0.15, 0.2) is 9.84 Å². The van der Waals surface area contributed by atoms with Gasteiger partial charge in [-0.3, -0.25) is 9.69 Å². The number of carboxylic acid groups (broad SMARTS) is 1. The highest BCUT2D eigenvalue weighted by Crippen LogP contribution is 2.23. The van der Waals surface area contributed by atoms with Gasteiger partial charge in [0.05, 0.1) is 11.7 Å². The number of hydrogen-bond donors (Lipinski definition) is 1. The third kappa shape index (κ3) is 3.18. The average molecular weight is 249 g/mol. The molecule has 0 bridgehead atoms. The minimum absolute atomic E-state index is 0.0652. The standard InChI is InChI=1S/C10H19NO4S/c1-3-16(14,15)7-6-11-5-4-9(8(11)2)10(12)13/h8-9H,3-7H2,1-2H3,(H,12,13). The van der Waals surface area contributed by atoms with E-state index in [1.807, 2.05) is 11.8 Å². The van der Waals surface area contributed by atoms with Crippen molar-refractivity contribution >= 4 is 15.8 Å². The molecule has 0 spiro atoms. The molecule has 0 radical (unpaired) electrons. The first-order chi connectivity index (χ1) is 7.37. The number of hydrogen-bond acceptors (Lipinski definition) is 4. The van der Waals surface area contributed by atoms with Gasteiger partial charge in [0.2, 0.25) is 0 Å². The van der Waals surface area contributed by atoms with Gasteiger partial charge in [-0.2, -0.15) is 0 Å². The minimum Gasteiger partial charge on any atom is -0.481 e. The topological polar surface area (TPSA) is 74.7 Å². The lowest BCUT2D eigenvalue weighted by atomic mass is 10.0. The maximum Gasteiger partial charge on any atom is 0.308 e. The fourth-order valence-electron chi connectivity index (χ4n) is 2.05. The van der Waals surface area contributed by atoms with Gasteiger partial charge in [-0.25, -0.2) is 8.42 Å². The minimum atomic E-state index is -2.96. The van der Waals surface area contributed by atoms with Crippen LogP contribution in [0.1, 0.15) is 20.3 Å². The molecule has 1 rings (SSSR count). The van der Waals surface area contributed by atoms with Crippen LogP contribution in [-0.2, 0) is 14.6 Å². The summed E-state index contributed by atoms with van der Waals surface area (Å²) in [6.45, 7) is 4.60. The summed E-state index contributed by atoms with van der Waals surface area (Å²) in [7, 11) is -2.96. The lowest BCUT2D eigenvalue weighted by Crippen LogP contribution is -2.36. The molecule has 0 amide bonds. The molecule has 1 aliphatic rings. The Balaban J connectivity index is 2.50. The summed E-state index contributed by atoms with van der Waals surface area (Å²) < 4.78 is 22.7. The second-order valence-corrected chi connectivity index (χ2v) is 6.72. The molecule has 1 aliphatic heterocycles. The molecule has 1 N–H and O–H groups in total. The van der Waals surface area contributed by atoms with E-state index in [1.165, 1.54) is 0 Å². The third-order valence-electron chi connectivity index (χ3n) is 3.33. The summed E-state index contributed by atoms with van der Waals surface area (Å²) in [4.78, 5) is 12.8. The Bertz CT molecular complexity index is 352. The number of nitrogens with zero attached hydrogens (tertiary/aromatic N) is 1. The molecule has 0 aromatic heterocycles. The van der Waals surface area contributed by atoms with Crippen molar-refractivity contribution in [3.05, 3.63) is 0 Å². The maximum atomic E-state index is 11.3. The Labute approximate surface area is 96.4 Å². The van der Waals surface area contributed by atoms with E-state index in [-0.39, 0.29) is 23.5 Å². The summed E-state index contributed by atoms with van der Waals surface area (Å²) in [5.74, 6) is -0.865. The van der Waals surface area contributed by atoms with Crippen molar-refractivity contribution in [3.8, 4) is 0 Å². The highest BCUT2D eigenvalue weighted by atomic mass is 32.2. The van der Waals surface area contributed by atoms with Crippen LogP contribution in [0.3, 0.4) is 0 Å². The van der Waals surface area contributed by atoms with E-state index in [4.69, 9.17) is 5.11 Å². The maximum absolute atomic E-state index is 11.3. The number of aliphatic carboxylic acids is 1. The molecule has 94 valence electrons. The Morgan fingerprint density at radius 2 is 2.12 bits per heavy atom. The predicted molar refractivity (Wildman–Crippen MR) is 61.1 cm³/mol. The Hall–Kier alpha value is -0.620. The molecular formula is C10H19NO4S. The van der Waals surface area contributed by atoms with Crippen LogP contribution in [0.5, 0.6) is 0 Å². The first-order valence-electron chi connectivity index (χ1n) is 5.54. The summed E-state index contributed by atoms with van der Waals surface area (Å²) in [6.07, 6.45) is 0.614. The number of sulfone groups is 1. The molecule has 1 saturated heterocycles. The molecule has 6 heteroatoms. The Kier molecular flexibility index (Phi) is 4.32. The third-order valence-corrected chi connectivity index (χ3v) is 5.02. The van der Waals surface area contributed by atoms with Crippen molar-refractivity contribution in [2.24, 2.45) is 5.92 Å². The summed E-state index contributed by atoms with van der Waals surface area (Å²) >= 11 is 0. The van der Waals surface area contributed by atoms with E-state index in [2.05, 4.69) is 0 Å². The summed E-state index contributed by atoms with van der Waals surface area (Å²) in [6, 6.07) is -0.0652. The van der Waals surface area contributed by atoms with Crippen LogP contribution in [-0.4, -0.2) is 55.0 Å².